The van der Waals surface area contributed by atoms with Crippen molar-refractivity contribution in [2.75, 3.05) is 6.61 Å². The van der Waals surface area contributed by atoms with Crippen molar-refractivity contribution in [3.63, 3.8) is 0 Å². The van der Waals surface area contributed by atoms with Crippen LogP contribution in [-0.2, 0) is 3.79 Å². The first kappa shape index (κ1) is 16.4. The van der Waals surface area contributed by atoms with Crippen LogP contribution in [0.4, 0.5) is 0 Å². The summed E-state index contributed by atoms with van der Waals surface area (Å²) in [7, 11) is 0. The van der Waals surface area contributed by atoms with E-state index in [0.717, 1.165) is 17.7 Å². The lowest BCUT2D eigenvalue weighted by molar-refractivity contribution is 0.306. The monoisotopic (exact) mass is 348 g/mol. The Hall–Kier alpha value is -0.970. The Bertz CT molecular complexity index is 564. The summed E-state index contributed by atoms with van der Waals surface area (Å²) in [6, 6.07) is 7.34. The molecule has 0 fully saturated rings. The van der Waals surface area contributed by atoms with Crippen LogP contribution in [-0.4, -0.2) is 16.8 Å². The van der Waals surface area contributed by atoms with Gasteiger partial charge in [0.15, 0.2) is 0 Å². The number of rotatable bonds is 6. The van der Waals surface area contributed by atoms with Crippen LogP contribution in [0.5, 0.6) is 5.75 Å². The third-order valence-corrected chi connectivity index (χ3v) is 3.27. The molecular formula is C14H15Cl3N2O2. The second kappa shape index (κ2) is 7.34. The lowest BCUT2D eigenvalue weighted by atomic mass is 10.2. The Labute approximate surface area is 138 Å². The summed E-state index contributed by atoms with van der Waals surface area (Å²) in [5, 5.41) is 7.57. The van der Waals surface area contributed by atoms with Crippen LogP contribution < -0.4 is 4.74 Å². The Kier molecular flexibility index (Phi) is 5.73. The molecule has 0 saturated heterocycles. The maximum absolute atomic E-state index is 5.68. The molecule has 0 amide bonds. The molecule has 0 spiro atoms. The van der Waals surface area contributed by atoms with Crippen molar-refractivity contribution >= 4 is 34.8 Å². The highest BCUT2D eigenvalue weighted by Gasteiger charge is 2.30. The zero-order valence-corrected chi connectivity index (χ0v) is 13.8. The molecule has 0 saturated carbocycles. The molecule has 0 aliphatic heterocycles. The molecule has 114 valence electrons. The van der Waals surface area contributed by atoms with Gasteiger partial charge in [0.2, 0.25) is 5.89 Å². The normalized spacial score (nSPS) is 11.6. The second-order valence-electron chi connectivity index (χ2n) is 4.49. The first-order valence-electron chi connectivity index (χ1n) is 6.64. The van der Waals surface area contributed by atoms with Gasteiger partial charge < -0.3 is 9.15 Å². The van der Waals surface area contributed by atoms with Crippen molar-refractivity contribution in [1.29, 1.82) is 0 Å². The number of hydrogen-bond acceptors (Lipinski definition) is 4. The van der Waals surface area contributed by atoms with E-state index < -0.39 is 3.79 Å². The van der Waals surface area contributed by atoms with E-state index in [1.54, 1.807) is 0 Å². The fourth-order valence-corrected chi connectivity index (χ4v) is 1.92. The molecule has 0 atom stereocenters. The van der Waals surface area contributed by atoms with Crippen molar-refractivity contribution in [2.45, 2.75) is 30.0 Å². The molecule has 2 aromatic rings. The van der Waals surface area contributed by atoms with E-state index in [1.165, 1.54) is 12.8 Å². The molecule has 0 radical (unpaired) electrons. The van der Waals surface area contributed by atoms with Crippen molar-refractivity contribution < 1.29 is 9.15 Å². The fraction of sp³-hybridized carbons (Fsp3) is 0.429. The van der Waals surface area contributed by atoms with Crippen LogP contribution >= 0.6 is 34.8 Å². The quantitative estimate of drug-likeness (QED) is 0.535. The van der Waals surface area contributed by atoms with Gasteiger partial charge in [-0.15, -0.1) is 10.2 Å². The molecular weight excluding hydrogens is 335 g/mol. The van der Waals surface area contributed by atoms with Gasteiger partial charge in [0.05, 0.1) is 6.61 Å². The fourth-order valence-electron chi connectivity index (χ4n) is 1.69. The number of aromatic nitrogens is 2. The van der Waals surface area contributed by atoms with Crippen molar-refractivity contribution in [1.82, 2.24) is 10.2 Å². The standard InChI is InChI=1S/C14H15Cl3N2O2/c1-2-3-4-9-20-11-7-5-10(6-8-11)12-18-19-13(21-12)14(15,16)17/h5-8H,2-4,9H2,1H3. The number of unbranched alkanes of at least 4 members (excludes halogenated alkanes) is 2. The number of nitrogens with zero attached hydrogens (tertiary/aromatic N) is 2. The summed E-state index contributed by atoms with van der Waals surface area (Å²) in [5.41, 5.74) is 0.740. The molecule has 2 rings (SSSR count). The number of hydrogen-bond donors (Lipinski definition) is 0. The Morgan fingerprint density at radius 2 is 1.81 bits per heavy atom. The van der Waals surface area contributed by atoms with Crippen LogP contribution in [0.15, 0.2) is 28.7 Å². The summed E-state index contributed by atoms with van der Waals surface area (Å²) in [6.07, 6.45) is 3.39. The van der Waals surface area contributed by atoms with Gasteiger partial charge in [-0.25, -0.2) is 0 Å². The van der Waals surface area contributed by atoms with Crippen molar-refractivity contribution in [3.05, 3.63) is 30.2 Å². The van der Waals surface area contributed by atoms with Gasteiger partial charge in [0.25, 0.3) is 9.68 Å². The molecule has 4 nitrogen and oxygen atoms in total. The molecule has 7 heteroatoms. The first-order valence-corrected chi connectivity index (χ1v) is 7.78. The highest BCUT2D eigenvalue weighted by molar-refractivity contribution is 6.66. The Morgan fingerprint density at radius 3 is 2.38 bits per heavy atom. The molecule has 1 aromatic carbocycles. The number of halogens is 3. The summed E-state index contributed by atoms with van der Waals surface area (Å²) >= 11 is 17.0. The molecule has 21 heavy (non-hydrogen) atoms. The minimum atomic E-state index is -1.71. The lowest BCUT2D eigenvalue weighted by Gasteiger charge is -2.06. The zero-order chi connectivity index (χ0) is 15.3. The Balaban J connectivity index is 2.00. The maximum atomic E-state index is 5.68. The van der Waals surface area contributed by atoms with Gasteiger partial charge >= 0.3 is 0 Å². The van der Waals surface area contributed by atoms with Crippen LogP contribution in [0.25, 0.3) is 11.5 Å². The van der Waals surface area contributed by atoms with Crippen LogP contribution in [0, 0.1) is 0 Å². The van der Waals surface area contributed by atoms with E-state index in [-0.39, 0.29) is 5.89 Å². The van der Waals surface area contributed by atoms with Gasteiger partial charge in [-0.3, -0.25) is 0 Å². The third-order valence-electron chi connectivity index (χ3n) is 2.79. The minimum absolute atomic E-state index is 0.0533. The highest BCUT2D eigenvalue weighted by atomic mass is 35.6. The first-order chi connectivity index (χ1) is 10.0. The van der Waals surface area contributed by atoms with Gasteiger partial charge in [-0.2, -0.15) is 0 Å². The molecule has 0 bridgehead atoms. The Morgan fingerprint density at radius 1 is 1.10 bits per heavy atom. The molecule has 0 aliphatic rings. The van der Waals surface area contributed by atoms with Crippen LogP contribution in [0.1, 0.15) is 32.1 Å². The molecule has 0 N–H and O–H groups in total. The summed E-state index contributed by atoms with van der Waals surface area (Å²) in [6.45, 7) is 2.87. The SMILES string of the molecule is CCCCCOc1ccc(-c2nnc(C(Cl)(Cl)Cl)o2)cc1. The van der Waals surface area contributed by atoms with Crippen molar-refractivity contribution in [3.8, 4) is 17.2 Å². The molecule has 0 unspecified atom stereocenters. The van der Waals surface area contributed by atoms with E-state index in [9.17, 15) is 0 Å². The summed E-state index contributed by atoms with van der Waals surface area (Å²) < 4.78 is 9.24. The van der Waals surface area contributed by atoms with Gasteiger partial charge in [-0.1, -0.05) is 54.6 Å². The second-order valence-corrected chi connectivity index (χ2v) is 6.77. The van der Waals surface area contributed by atoms with Gasteiger partial charge in [0.1, 0.15) is 5.75 Å². The van der Waals surface area contributed by atoms with E-state index in [4.69, 9.17) is 44.0 Å². The lowest BCUT2D eigenvalue weighted by Crippen LogP contribution is -1.99. The minimum Gasteiger partial charge on any atom is -0.494 e. The van der Waals surface area contributed by atoms with E-state index >= 15 is 0 Å². The predicted molar refractivity (Wildman–Crippen MR) is 84.0 cm³/mol. The van der Waals surface area contributed by atoms with Gasteiger partial charge in [-0.05, 0) is 30.7 Å². The van der Waals surface area contributed by atoms with Crippen molar-refractivity contribution in [2.24, 2.45) is 0 Å². The van der Waals surface area contributed by atoms with Gasteiger partial charge in [0, 0.05) is 5.56 Å². The average Bonchev–Trinajstić information content (AvgIpc) is 2.94. The maximum Gasteiger partial charge on any atom is 0.268 e. The zero-order valence-electron chi connectivity index (χ0n) is 11.5. The number of ether oxygens (including phenoxy) is 1. The molecule has 1 heterocycles. The largest absolute Gasteiger partial charge is 0.494 e. The third kappa shape index (κ3) is 4.77. The summed E-state index contributed by atoms with van der Waals surface area (Å²) in [4.78, 5) is 0. The summed E-state index contributed by atoms with van der Waals surface area (Å²) in [5.74, 6) is 1.05. The average molecular weight is 350 g/mol. The van der Waals surface area contributed by atoms with Crippen LogP contribution in [0.3, 0.4) is 0 Å². The topological polar surface area (TPSA) is 48.2 Å². The smallest absolute Gasteiger partial charge is 0.268 e. The number of alkyl halides is 3. The van der Waals surface area contributed by atoms with Crippen LogP contribution in [0.2, 0.25) is 0 Å². The van der Waals surface area contributed by atoms with E-state index in [0.29, 0.717) is 12.5 Å². The highest BCUT2D eigenvalue weighted by Crippen LogP contribution is 2.38. The van der Waals surface area contributed by atoms with E-state index in [2.05, 4.69) is 17.1 Å². The molecule has 0 aliphatic carbocycles. The number of benzene rings is 1. The predicted octanol–water partition coefficient (Wildman–Crippen LogP) is 5.13. The molecule has 1 aromatic heterocycles. The van der Waals surface area contributed by atoms with E-state index in [1.807, 2.05) is 24.3 Å².